The van der Waals surface area contributed by atoms with Crippen molar-refractivity contribution in [1.29, 1.82) is 0 Å². The number of carbonyl (C=O) groups excluding carboxylic acids is 1. The molecule has 0 radical (unpaired) electrons. The predicted octanol–water partition coefficient (Wildman–Crippen LogP) is 4.29. The third-order valence-corrected chi connectivity index (χ3v) is 7.07. The van der Waals surface area contributed by atoms with Crippen LogP contribution in [0.1, 0.15) is 25.3 Å². The van der Waals surface area contributed by atoms with Crippen molar-refractivity contribution in [2.45, 2.75) is 49.4 Å². The highest BCUT2D eigenvalue weighted by Gasteiger charge is 2.78. The van der Waals surface area contributed by atoms with E-state index in [1.54, 1.807) is 6.92 Å². The van der Waals surface area contributed by atoms with Crippen LogP contribution in [-0.2, 0) is 20.4 Å². The molecular formula is C18H16ClF3N4O3. The largest absolute Gasteiger partial charge is 0.417 e. The van der Waals surface area contributed by atoms with E-state index in [0.717, 1.165) is 12.1 Å². The molecule has 5 rings (SSSR count). The summed E-state index contributed by atoms with van der Waals surface area (Å²) in [6.45, 7) is 2.04. The second kappa shape index (κ2) is 5.78. The number of carbonyl (C=O) groups is 1. The third kappa shape index (κ3) is 2.34. The summed E-state index contributed by atoms with van der Waals surface area (Å²) in [5.41, 5.74) is 6.32. The first kappa shape index (κ1) is 19.0. The lowest BCUT2D eigenvalue weighted by Gasteiger charge is -2.44. The van der Waals surface area contributed by atoms with Gasteiger partial charge in [0.15, 0.2) is 0 Å². The molecule has 1 unspecified atom stereocenters. The van der Waals surface area contributed by atoms with Gasteiger partial charge in [-0.05, 0) is 37.1 Å². The van der Waals surface area contributed by atoms with E-state index < -0.39 is 52.1 Å². The number of ether oxygens (including phenoxy) is 2. The Morgan fingerprint density at radius 3 is 2.86 bits per heavy atom. The van der Waals surface area contributed by atoms with E-state index in [1.807, 2.05) is 0 Å². The maximum Gasteiger partial charge on any atom is 0.417 e. The second-order valence-electron chi connectivity index (χ2n) is 8.18. The van der Waals surface area contributed by atoms with Gasteiger partial charge in [0.1, 0.15) is 6.23 Å². The highest BCUT2D eigenvalue weighted by atomic mass is 35.5. The summed E-state index contributed by atoms with van der Waals surface area (Å²) in [6.07, 6.45) is -4.60. The zero-order chi connectivity index (χ0) is 20.8. The van der Waals surface area contributed by atoms with Gasteiger partial charge in [-0.2, -0.15) is 13.2 Å². The van der Waals surface area contributed by atoms with Gasteiger partial charge in [0.05, 0.1) is 40.4 Å². The standard InChI is InChI=1S/C18H16ClF3N4O3/c1-16-7-11(24-25-23)17(29-16)4-5-28-15-13(17)12(16)14(27)26(15)8-2-3-10(19)9(6-8)18(20,21)22/h2-3,6,11-13,15H,4-5,7H2,1H3/t11?,12-,13+,15+,16-,17+/m1/s1. The maximum absolute atomic E-state index is 13.4. The van der Waals surface area contributed by atoms with E-state index in [-0.39, 0.29) is 18.2 Å². The van der Waals surface area contributed by atoms with Gasteiger partial charge in [-0.15, -0.1) is 0 Å². The van der Waals surface area contributed by atoms with Crippen molar-refractivity contribution in [1.82, 2.24) is 0 Å². The second-order valence-corrected chi connectivity index (χ2v) is 8.59. The molecule has 4 heterocycles. The van der Waals surface area contributed by atoms with Crippen LogP contribution in [0.3, 0.4) is 0 Å². The number of benzene rings is 1. The Balaban J connectivity index is 1.62. The van der Waals surface area contributed by atoms with Crippen LogP contribution in [0.25, 0.3) is 10.4 Å². The number of halogens is 4. The smallest absolute Gasteiger partial charge is 0.367 e. The number of anilines is 1. The van der Waals surface area contributed by atoms with E-state index in [9.17, 15) is 18.0 Å². The molecule has 6 atom stereocenters. The Morgan fingerprint density at radius 1 is 1.41 bits per heavy atom. The molecule has 11 heteroatoms. The molecule has 0 saturated carbocycles. The van der Waals surface area contributed by atoms with Gasteiger partial charge in [-0.25, -0.2) is 0 Å². The summed E-state index contributed by atoms with van der Waals surface area (Å²) < 4.78 is 52.2. The van der Waals surface area contributed by atoms with Crippen molar-refractivity contribution in [3.8, 4) is 0 Å². The zero-order valence-electron chi connectivity index (χ0n) is 15.2. The molecule has 4 fully saturated rings. The highest BCUT2D eigenvalue weighted by Crippen LogP contribution is 2.66. The van der Waals surface area contributed by atoms with Gasteiger partial charge >= 0.3 is 6.18 Å². The average molecular weight is 429 g/mol. The molecule has 1 amide bonds. The fraction of sp³-hybridized carbons (Fsp3) is 0.611. The first-order valence-corrected chi connectivity index (χ1v) is 9.56. The van der Waals surface area contributed by atoms with Gasteiger partial charge in [0.2, 0.25) is 5.91 Å². The number of rotatable bonds is 2. The molecule has 0 aromatic heterocycles. The van der Waals surface area contributed by atoms with Crippen molar-refractivity contribution in [2.75, 3.05) is 11.5 Å². The fourth-order valence-electron chi connectivity index (χ4n) is 5.76. The summed E-state index contributed by atoms with van der Waals surface area (Å²) in [5.74, 6) is -1.35. The van der Waals surface area contributed by atoms with Crippen molar-refractivity contribution in [3.63, 3.8) is 0 Å². The minimum absolute atomic E-state index is 0.0755. The maximum atomic E-state index is 13.4. The van der Waals surface area contributed by atoms with Crippen LogP contribution in [0.5, 0.6) is 0 Å². The third-order valence-electron chi connectivity index (χ3n) is 6.74. The van der Waals surface area contributed by atoms with Crippen molar-refractivity contribution < 1.29 is 27.4 Å². The Labute approximate surface area is 168 Å². The van der Waals surface area contributed by atoms with E-state index in [0.29, 0.717) is 12.8 Å². The van der Waals surface area contributed by atoms with Gasteiger partial charge in [0.25, 0.3) is 0 Å². The monoisotopic (exact) mass is 428 g/mol. The number of amides is 1. The first-order valence-electron chi connectivity index (χ1n) is 9.18. The van der Waals surface area contributed by atoms with Crippen LogP contribution >= 0.6 is 11.6 Å². The summed E-state index contributed by atoms with van der Waals surface area (Å²) >= 11 is 5.73. The van der Waals surface area contributed by atoms with Gasteiger partial charge in [-0.1, -0.05) is 16.7 Å². The van der Waals surface area contributed by atoms with Gasteiger partial charge in [-0.3, -0.25) is 9.69 Å². The lowest BCUT2D eigenvalue weighted by Crippen LogP contribution is -2.56. The number of alkyl halides is 3. The van der Waals surface area contributed by atoms with Crippen LogP contribution in [0.4, 0.5) is 18.9 Å². The van der Waals surface area contributed by atoms with Crippen LogP contribution < -0.4 is 4.90 Å². The molecule has 0 aliphatic carbocycles. The molecule has 29 heavy (non-hydrogen) atoms. The number of fused-ring (bicyclic) bond motifs is 2. The van der Waals surface area contributed by atoms with E-state index in [4.69, 9.17) is 26.6 Å². The molecule has 4 saturated heterocycles. The minimum atomic E-state index is -4.65. The number of azide groups is 1. The molecule has 0 N–H and O–H groups in total. The Morgan fingerprint density at radius 2 is 2.17 bits per heavy atom. The van der Waals surface area contributed by atoms with E-state index in [1.165, 1.54) is 11.0 Å². The Bertz CT molecular complexity index is 968. The highest BCUT2D eigenvalue weighted by molar-refractivity contribution is 6.31. The molecule has 1 aromatic carbocycles. The fourth-order valence-corrected chi connectivity index (χ4v) is 5.98. The molecule has 7 nitrogen and oxygen atoms in total. The molecule has 1 spiro atoms. The molecule has 2 bridgehead atoms. The molecular weight excluding hydrogens is 413 g/mol. The van der Waals surface area contributed by atoms with Crippen LogP contribution in [0.2, 0.25) is 5.02 Å². The van der Waals surface area contributed by atoms with Gasteiger partial charge < -0.3 is 9.47 Å². The molecule has 1 aromatic rings. The summed E-state index contributed by atoms with van der Waals surface area (Å²) in [4.78, 5) is 17.6. The minimum Gasteiger partial charge on any atom is -0.367 e. The predicted molar refractivity (Wildman–Crippen MR) is 95.0 cm³/mol. The lowest BCUT2D eigenvalue weighted by atomic mass is 9.64. The van der Waals surface area contributed by atoms with Gasteiger partial charge in [0, 0.05) is 22.9 Å². The van der Waals surface area contributed by atoms with Crippen molar-refractivity contribution in [2.24, 2.45) is 17.0 Å². The zero-order valence-corrected chi connectivity index (χ0v) is 15.9. The first-order chi connectivity index (χ1) is 13.6. The molecule has 4 aliphatic heterocycles. The molecule has 4 aliphatic rings. The van der Waals surface area contributed by atoms with Crippen molar-refractivity contribution in [3.05, 3.63) is 39.2 Å². The topological polar surface area (TPSA) is 87.5 Å². The summed E-state index contributed by atoms with van der Waals surface area (Å²) in [6, 6.07) is 2.95. The summed E-state index contributed by atoms with van der Waals surface area (Å²) in [7, 11) is 0. The number of hydrogen-bond donors (Lipinski definition) is 0. The van der Waals surface area contributed by atoms with Crippen LogP contribution in [0.15, 0.2) is 23.3 Å². The molecule has 154 valence electrons. The SMILES string of the molecule is C[C@@]12CC(N=[N+]=[N-])[C@]3(CCO[C@H]4[C@@H]3[C@@H]1C(=O)N4c1ccc(Cl)c(C(F)(F)F)c1)O2. The number of hydrogen-bond acceptors (Lipinski definition) is 4. The van der Waals surface area contributed by atoms with Crippen LogP contribution in [0, 0.1) is 11.8 Å². The lowest BCUT2D eigenvalue weighted by molar-refractivity contribution is -0.142. The van der Waals surface area contributed by atoms with E-state index in [2.05, 4.69) is 10.0 Å². The quantitative estimate of drug-likeness (QED) is 0.400. The number of nitrogens with zero attached hydrogens (tertiary/aromatic N) is 4. The van der Waals surface area contributed by atoms with Crippen LogP contribution in [-0.4, -0.2) is 36.0 Å². The normalized spacial score (nSPS) is 40.2. The summed E-state index contributed by atoms with van der Waals surface area (Å²) in [5, 5.41) is 3.47. The van der Waals surface area contributed by atoms with E-state index >= 15 is 0 Å². The Hall–Kier alpha value is -2.00. The van der Waals surface area contributed by atoms with Crippen molar-refractivity contribution >= 4 is 23.2 Å². The Kier molecular flexibility index (Phi) is 3.79. The average Bonchev–Trinajstić information content (AvgIpc) is 3.19.